The molecular weight excluding hydrogens is 266 g/mol. The third-order valence-electron chi connectivity index (χ3n) is 3.04. The summed E-state index contributed by atoms with van der Waals surface area (Å²) in [6.07, 6.45) is 0.152. The Labute approximate surface area is 107 Å². The fraction of sp³-hybridized carbons (Fsp3) is 0.636. The molecule has 0 aromatic carbocycles. The Bertz CT molecular complexity index is 470. The Morgan fingerprint density at radius 1 is 1.58 bits per heavy atom. The van der Waals surface area contributed by atoms with Gasteiger partial charge >= 0.3 is 12.3 Å². The monoisotopic (exact) mass is 279 g/mol. The molecule has 0 aliphatic heterocycles. The van der Waals surface area contributed by atoms with Crippen molar-refractivity contribution >= 4 is 5.91 Å². The number of carbonyl (C=O) groups is 1. The first kappa shape index (κ1) is 13.8. The van der Waals surface area contributed by atoms with E-state index in [0.717, 1.165) is 4.90 Å². The van der Waals surface area contributed by atoms with Crippen LogP contribution in [-0.2, 0) is 18.4 Å². The summed E-state index contributed by atoms with van der Waals surface area (Å²) in [5, 5.41) is 0. The summed E-state index contributed by atoms with van der Waals surface area (Å²) >= 11 is 0. The average molecular weight is 279 g/mol. The molecule has 4 nitrogen and oxygen atoms in total. The number of hydrogen-bond acceptors (Lipinski definition) is 2. The van der Waals surface area contributed by atoms with Crippen molar-refractivity contribution in [1.82, 2.24) is 14.5 Å². The molecule has 106 valence electrons. The maximum atomic E-state index is 13.1. The highest BCUT2D eigenvalue weighted by molar-refractivity contribution is 5.84. The van der Waals surface area contributed by atoms with Crippen molar-refractivity contribution in [1.29, 1.82) is 0 Å². The standard InChI is InChI=1S/C11H13F4N3O/c1-17-5-4-16-8(17)6-18(7-2-3-7)10(19)11(14,15)9(12)13/h4-5,7,9H,2-3,6H2,1H3. The summed E-state index contributed by atoms with van der Waals surface area (Å²) in [6, 6.07) is -0.395. The zero-order valence-electron chi connectivity index (χ0n) is 10.2. The number of carbonyl (C=O) groups excluding carboxylic acids is 1. The lowest BCUT2D eigenvalue weighted by atomic mass is 10.2. The summed E-state index contributed by atoms with van der Waals surface area (Å²) < 4.78 is 52.3. The normalized spacial score (nSPS) is 15.9. The molecule has 0 spiro atoms. The van der Waals surface area contributed by atoms with E-state index in [-0.39, 0.29) is 6.54 Å². The van der Waals surface area contributed by atoms with Gasteiger partial charge in [-0.1, -0.05) is 0 Å². The number of imidazole rings is 1. The van der Waals surface area contributed by atoms with E-state index >= 15 is 0 Å². The molecule has 1 aliphatic carbocycles. The summed E-state index contributed by atoms with van der Waals surface area (Å²) in [7, 11) is 1.64. The van der Waals surface area contributed by atoms with Gasteiger partial charge in [0.05, 0.1) is 6.54 Å². The Morgan fingerprint density at radius 3 is 2.63 bits per heavy atom. The van der Waals surface area contributed by atoms with Crippen LogP contribution in [0.2, 0.25) is 0 Å². The molecule has 0 saturated heterocycles. The molecular formula is C11H13F4N3O. The van der Waals surface area contributed by atoms with Crippen molar-refractivity contribution in [2.75, 3.05) is 0 Å². The lowest BCUT2D eigenvalue weighted by Crippen LogP contribution is -2.48. The van der Waals surface area contributed by atoms with E-state index in [1.54, 1.807) is 17.8 Å². The molecule has 1 aromatic rings. The van der Waals surface area contributed by atoms with Gasteiger partial charge in [-0.05, 0) is 12.8 Å². The van der Waals surface area contributed by atoms with E-state index in [9.17, 15) is 22.4 Å². The van der Waals surface area contributed by atoms with E-state index in [2.05, 4.69) is 4.98 Å². The van der Waals surface area contributed by atoms with Crippen molar-refractivity contribution in [3.05, 3.63) is 18.2 Å². The lowest BCUT2D eigenvalue weighted by molar-refractivity contribution is -0.182. The quantitative estimate of drug-likeness (QED) is 0.771. The van der Waals surface area contributed by atoms with Crippen LogP contribution < -0.4 is 0 Å². The van der Waals surface area contributed by atoms with Crippen molar-refractivity contribution in [3.8, 4) is 0 Å². The topological polar surface area (TPSA) is 38.1 Å². The second kappa shape index (κ2) is 4.82. The van der Waals surface area contributed by atoms with Crippen molar-refractivity contribution in [2.45, 2.75) is 37.8 Å². The van der Waals surface area contributed by atoms with E-state index in [4.69, 9.17) is 0 Å². The van der Waals surface area contributed by atoms with Crippen LogP contribution >= 0.6 is 0 Å². The first-order valence-electron chi connectivity index (χ1n) is 5.77. The Morgan fingerprint density at radius 2 is 2.21 bits per heavy atom. The first-order valence-corrected chi connectivity index (χ1v) is 5.77. The zero-order chi connectivity index (χ0) is 14.2. The lowest BCUT2D eigenvalue weighted by Gasteiger charge is -2.26. The van der Waals surface area contributed by atoms with Crippen LogP contribution in [0.15, 0.2) is 12.4 Å². The smallest absolute Gasteiger partial charge is 0.337 e. The second-order valence-corrected chi connectivity index (χ2v) is 4.54. The molecule has 0 bridgehead atoms. The molecule has 1 heterocycles. The summed E-state index contributed by atoms with van der Waals surface area (Å²) in [6.45, 7) is -0.185. The minimum atomic E-state index is -4.65. The third-order valence-corrected chi connectivity index (χ3v) is 3.04. The van der Waals surface area contributed by atoms with Crippen LogP contribution in [0.5, 0.6) is 0 Å². The molecule has 2 rings (SSSR count). The van der Waals surface area contributed by atoms with Gasteiger partial charge in [-0.2, -0.15) is 8.78 Å². The van der Waals surface area contributed by atoms with Crippen LogP contribution in [0.3, 0.4) is 0 Å². The predicted molar refractivity (Wildman–Crippen MR) is 57.7 cm³/mol. The van der Waals surface area contributed by atoms with E-state index in [0.29, 0.717) is 18.7 Å². The number of halogens is 4. The van der Waals surface area contributed by atoms with Crippen molar-refractivity contribution in [3.63, 3.8) is 0 Å². The van der Waals surface area contributed by atoms with Crippen LogP contribution in [0, 0.1) is 0 Å². The van der Waals surface area contributed by atoms with E-state index in [1.165, 1.54) is 6.20 Å². The van der Waals surface area contributed by atoms with Crippen LogP contribution in [0.4, 0.5) is 17.6 Å². The summed E-state index contributed by atoms with van der Waals surface area (Å²) in [4.78, 5) is 16.3. The second-order valence-electron chi connectivity index (χ2n) is 4.54. The van der Waals surface area contributed by atoms with Gasteiger partial charge in [0.1, 0.15) is 5.82 Å². The Kier molecular flexibility index (Phi) is 3.51. The molecule has 1 aromatic heterocycles. The molecule has 1 aliphatic rings. The highest BCUT2D eigenvalue weighted by Crippen LogP contribution is 2.33. The minimum Gasteiger partial charge on any atom is -0.337 e. The number of aryl methyl sites for hydroxylation is 1. The molecule has 19 heavy (non-hydrogen) atoms. The van der Waals surface area contributed by atoms with E-state index in [1.807, 2.05) is 0 Å². The van der Waals surface area contributed by atoms with Crippen molar-refractivity contribution in [2.24, 2.45) is 7.05 Å². The molecule has 0 atom stereocenters. The summed E-state index contributed by atoms with van der Waals surface area (Å²) in [5.41, 5.74) is 0. The van der Waals surface area contributed by atoms with Gasteiger partial charge in [-0.3, -0.25) is 4.79 Å². The number of rotatable bonds is 5. The predicted octanol–water partition coefficient (Wildman–Crippen LogP) is 1.81. The highest BCUT2D eigenvalue weighted by atomic mass is 19.3. The zero-order valence-corrected chi connectivity index (χ0v) is 10.2. The van der Waals surface area contributed by atoms with Crippen LogP contribution in [-0.4, -0.2) is 38.7 Å². The van der Waals surface area contributed by atoms with Gasteiger partial charge in [-0.15, -0.1) is 0 Å². The number of alkyl halides is 4. The Hall–Kier alpha value is -1.60. The SMILES string of the molecule is Cn1ccnc1CN(C(=O)C(F)(F)C(F)F)C1CC1. The van der Waals surface area contributed by atoms with Gasteiger partial charge < -0.3 is 9.47 Å². The molecule has 0 radical (unpaired) electrons. The van der Waals surface area contributed by atoms with Gasteiger partial charge in [0, 0.05) is 25.5 Å². The number of nitrogens with zero attached hydrogens (tertiary/aromatic N) is 3. The first-order chi connectivity index (χ1) is 8.84. The molecule has 1 saturated carbocycles. The van der Waals surface area contributed by atoms with E-state index < -0.39 is 24.3 Å². The van der Waals surface area contributed by atoms with Crippen molar-refractivity contribution < 1.29 is 22.4 Å². The maximum Gasteiger partial charge on any atom is 0.383 e. The molecule has 0 N–H and O–H groups in total. The van der Waals surface area contributed by atoms with Gasteiger partial charge in [0.2, 0.25) is 0 Å². The minimum absolute atomic E-state index is 0.185. The maximum absolute atomic E-state index is 13.1. The largest absolute Gasteiger partial charge is 0.383 e. The van der Waals surface area contributed by atoms with Gasteiger partial charge in [0.25, 0.3) is 5.91 Å². The number of aromatic nitrogens is 2. The molecule has 8 heteroatoms. The Balaban J connectivity index is 2.17. The van der Waals surface area contributed by atoms with Gasteiger partial charge in [-0.25, -0.2) is 13.8 Å². The fourth-order valence-corrected chi connectivity index (χ4v) is 1.74. The summed E-state index contributed by atoms with van der Waals surface area (Å²) in [5.74, 6) is -6.09. The highest BCUT2D eigenvalue weighted by Gasteiger charge is 2.53. The number of hydrogen-bond donors (Lipinski definition) is 0. The molecule has 1 amide bonds. The number of amides is 1. The fourth-order valence-electron chi connectivity index (χ4n) is 1.74. The van der Waals surface area contributed by atoms with Crippen LogP contribution in [0.1, 0.15) is 18.7 Å². The molecule has 1 fully saturated rings. The third kappa shape index (κ3) is 2.71. The van der Waals surface area contributed by atoms with Crippen LogP contribution in [0.25, 0.3) is 0 Å². The average Bonchev–Trinajstić information content (AvgIpc) is 3.10. The van der Waals surface area contributed by atoms with Gasteiger partial charge in [0.15, 0.2) is 0 Å². The molecule has 0 unspecified atom stereocenters.